The van der Waals surface area contributed by atoms with Crippen LogP contribution in [0.2, 0.25) is 0 Å². The first-order valence-corrected chi connectivity index (χ1v) is 5.73. The van der Waals surface area contributed by atoms with Crippen molar-refractivity contribution in [2.45, 2.75) is 20.3 Å². The lowest BCUT2D eigenvalue weighted by atomic mass is 9.99. The Morgan fingerprint density at radius 3 is 2.81 bits per heavy atom. The Morgan fingerprint density at radius 1 is 1.19 bits per heavy atom. The molecule has 1 aliphatic rings. The Balaban J connectivity index is 2.38. The third-order valence-corrected chi connectivity index (χ3v) is 3.48. The van der Waals surface area contributed by atoms with Crippen molar-refractivity contribution in [3.63, 3.8) is 0 Å². The van der Waals surface area contributed by atoms with Crippen molar-refractivity contribution in [3.8, 4) is 0 Å². The number of hydrogen-bond donors (Lipinski definition) is 0. The van der Waals surface area contributed by atoms with E-state index in [1.807, 2.05) is 6.92 Å². The molecule has 3 rings (SSSR count). The van der Waals surface area contributed by atoms with E-state index in [9.17, 15) is 4.79 Å². The predicted molar refractivity (Wildman–Crippen MR) is 65.9 cm³/mol. The van der Waals surface area contributed by atoms with Gasteiger partial charge in [0.1, 0.15) is 0 Å². The highest BCUT2D eigenvalue weighted by Crippen LogP contribution is 2.32. The molecule has 0 bridgehead atoms. The fraction of sp³-hybridized carbons (Fsp3) is 0.267. The van der Waals surface area contributed by atoms with Crippen LogP contribution in [0.5, 0.6) is 0 Å². The molecule has 1 aliphatic carbocycles. The molecule has 0 radical (unpaired) electrons. The molecule has 1 heteroatoms. The highest BCUT2D eigenvalue weighted by atomic mass is 16.1. The van der Waals surface area contributed by atoms with Crippen LogP contribution in [0.4, 0.5) is 0 Å². The quantitative estimate of drug-likeness (QED) is 0.650. The molecule has 0 fully saturated rings. The van der Waals surface area contributed by atoms with Gasteiger partial charge in [0.15, 0.2) is 5.78 Å². The lowest BCUT2D eigenvalue weighted by Crippen LogP contribution is -2.03. The molecule has 1 atom stereocenters. The predicted octanol–water partition coefficient (Wildman–Crippen LogP) is 3.52. The van der Waals surface area contributed by atoms with Crippen LogP contribution in [0.1, 0.15) is 28.4 Å². The summed E-state index contributed by atoms with van der Waals surface area (Å²) >= 11 is 0. The molecule has 0 aliphatic heterocycles. The monoisotopic (exact) mass is 210 g/mol. The summed E-state index contributed by atoms with van der Waals surface area (Å²) in [7, 11) is 0. The smallest absolute Gasteiger partial charge is 0.166 e. The number of rotatable bonds is 0. The van der Waals surface area contributed by atoms with Crippen molar-refractivity contribution in [1.82, 2.24) is 0 Å². The maximum Gasteiger partial charge on any atom is 0.166 e. The Bertz CT molecular complexity index is 596. The number of carbonyl (C=O) groups excluding carboxylic acids is 1. The van der Waals surface area contributed by atoms with Gasteiger partial charge in [0.25, 0.3) is 0 Å². The van der Waals surface area contributed by atoms with E-state index >= 15 is 0 Å². The van der Waals surface area contributed by atoms with Crippen molar-refractivity contribution >= 4 is 16.6 Å². The Kier molecular flexibility index (Phi) is 1.90. The van der Waals surface area contributed by atoms with Gasteiger partial charge < -0.3 is 0 Å². The molecule has 1 nitrogen and oxygen atoms in total. The summed E-state index contributed by atoms with van der Waals surface area (Å²) in [4.78, 5) is 12.1. The van der Waals surface area contributed by atoms with E-state index in [0.717, 1.165) is 17.4 Å². The van der Waals surface area contributed by atoms with Crippen LogP contribution in [0.3, 0.4) is 0 Å². The van der Waals surface area contributed by atoms with E-state index in [-0.39, 0.29) is 5.92 Å². The molecule has 0 heterocycles. The molecular weight excluding hydrogens is 196 g/mol. The van der Waals surface area contributed by atoms with E-state index in [4.69, 9.17) is 0 Å². The fourth-order valence-corrected chi connectivity index (χ4v) is 2.62. The third-order valence-electron chi connectivity index (χ3n) is 3.48. The fourth-order valence-electron chi connectivity index (χ4n) is 2.62. The molecular formula is C15H14O. The molecule has 2 aromatic carbocycles. The van der Waals surface area contributed by atoms with Crippen LogP contribution in [0, 0.1) is 12.8 Å². The summed E-state index contributed by atoms with van der Waals surface area (Å²) in [6.07, 6.45) is 0.901. The van der Waals surface area contributed by atoms with E-state index in [2.05, 4.69) is 37.3 Å². The van der Waals surface area contributed by atoms with E-state index in [1.54, 1.807) is 0 Å². The molecule has 0 saturated carbocycles. The molecule has 1 unspecified atom stereocenters. The Hall–Kier alpha value is -1.63. The standard InChI is InChI=1S/C15H14O/c1-9-3-6-13-11(7-9)4-5-12-8-10(2)15(16)14(12)13/h3-7,10H,8H2,1-2H3. The molecule has 16 heavy (non-hydrogen) atoms. The van der Waals surface area contributed by atoms with Gasteiger partial charge in [0.2, 0.25) is 0 Å². The van der Waals surface area contributed by atoms with E-state index < -0.39 is 0 Å². The number of hydrogen-bond acceptors (Lipinski definition) is 1. The lowest BCUT2D eigenvalue weighted by molar-refractivity contribution is 0.0947. The number of fused-ring (bicyclic) bond motifs is 3. The van der Waals surface area contributed by atoms with Crippen molar-refractivity contribution in [2.24, 2.45) is 5.92 Å². The van der Waals surface area contributed by atoms with Gasteiger partial charge in [-0.15, -0.1) is 0 Å². The SMILES string of the molecule is Cc1ccc2c3c(ccc2c1)CC(C)C3=O. The minimum absolute atomic E-state index is 0.155. The molecule has 2 aromatic rings. The van der Waals surface area contributed by atoms with Gasteiger partial charge in [0, 0.05) is 11.5 Å². The first kappa shape index (κ1) is 9.59. The zero-order valence-corrected chi connectivity index (χ0v) is 9.58. The number of carbonyl (C=O) groups is 1. The minimum Gasteiger partial charge on any atom is -0.294 e. The summed E-state index contributed by atoms with van der Waals surface area (Å²) in [5.74, 6) is 0.464. The van der Waals surface area contributed by atoms with Crippen molar-refractivity contribution in [1.29, 1.82) is 0 Å². The zero-order valence-electron chi connectivity index (χ0n) is 9.58. The van der Waals surface area contributed by atoms with Crippen molar-refractivity contribution < 1.29 is 4.79 Å². The molecule has 0 aromatic heterocycles. The van der Waals surface area contributed by atoms with E-state index in [1.165, 1.54) is 16.5 Å². The second kappa shape index (κ2) is 3.18. The van der Waals surface area contributed by atoms with Crippen LogP contribution in [-0.2, 0) is 6.42 Å². The highest BCUT2D eigenvalue weighted by molar-refractivity contribution is 6.12. The van der Waals surface area contributed by atoms with Gasteiger partial charge in [-0.2, -0.15) is 0 Å². The summed E-state index contributed by atoms with van der Waals surface area (Å²) in [6, 6.07) is 10.6. The number of ketones is 1. The van der Waals surface area contributed by atoms with Crippen LogP contribution < -0.4 is 0 Å². The summed E-state index contributed by atoms with van der Waals surface area (Å²) in [5.41, 5.74) is 3.42. The maximum atomic E-state index is 12.1. The van der Waals surface area contributed by atoms with Crippen LogP contribution >= 0.6 is 0 Å². The Labute approximate surface area is 95.1 Å². The number of benzene rings is 2. The van der Waals surface area contributed by atoms with Gasteiger partial charge in [-0.25, -0.2) is 0 Å². The van der Waals surface area contributed by atoms with E-state index in [0.29, 0.717) is 5.78 Å². The number of aryl methyl sites for hydroxylation is 1. The molecule has 0 saturated heterocycles. The van der Waals surface area contributed by atoms with Gasteiger partial charge >= 0.3 is 0 Å². The maximum absolute atomic E-state index is 12.1. The summed E-state index contributed by atoms with van der Waals surface area (Å²) in [6.45, 7) is 4.10. The van der Waals surface area contributed by atoms with Gasteiger partial charge in [-0.3, -0.25) is 4.79 Å². The van der Waals surface area contributed by atoms with Crippen LogP contribution in [0.15, 0.2) is 30.3 Å². The summed E-state index contributed by atoms with van der Waals surface area (Å²) < 4.78 is 0. The topological polar surface area (TPSA) is 17.1 Å². The minimum atomic E-state index is 0.155. The largest absolute Gasteiger partial charge is 0.294 e. The average molecular weight is 210 g/mol. The van der Waals surface area contributed by atoms with Crippen molar-refractivity contribution in [3.05, 3.63) is 47.0 Å². The first-order valence-electron chi connectivity index (χ1n) is 5.73. The van der Waals surface area contributed by atoms with Gasteiger partial charge in [-0.05, 0) is 29.7 Å². The molecule has 0 amide bonds. The first-order chi connectivity index (χ1) is 7.66. The van der Waals surface area contributed by atoms with Gasteiger partial charge in [-0.1, -0.05) is 42.8 Å². The second-order valence-corrected chi connectivity index (χ2v) is 4.79. The highest BCUT2D eigenvalue weighted by Gasteiger charge is 2.28. The van der Waals surface area contributed by atoms with Gasteiger partial charge in [0.05, 0.1) is 0 Å². The third kappa shape index (κ3) is 1.21. The summed E-state index contributed by atoms with van der Waals surface area (Å²) in [5, 5.41) is 2.30. The van der Waals surface area contributed by atoms with Crippen molar-refractivity contribution in [2.75, 3.05) is 0 Å². The van der Waals surface area contributed by atoms with Crippen LogP contribution in [0.25, 0.3) is 10.8 Å². The lowest BCUT2D eigenvalue weighted by Gasteiger charge is -2.05. The van der Waals surface area contributed by atoms with Crippen LogP contribution in [-0.4, -0.2) is 5.78 Å². The molecule has 80 valence electrons. The number of Topliss-reactive ketones (excluding diaryl/α,β-unsaturated/α-hetero) is 1. The second-order valence-electron chi connectivity index (χ2n) is 4.79. The average Bonchev–Trinajstić information content (AvgIpc) is 2.55. The zero-order chi connectivity index (χ0) is 11.3. The molecule has 0 N–H and O–H groups in total. The Morgan fingerprint density at radius 2 is 2.00 bits per heavy atom. The molecule has 0 spiro atoms. The normalized spacial score (nSPS) is 19.1.